The molecule has 2 amide bonds. The van der Waals surface area contributed by atoms with Crippen molar-refractivity contribution in [2.45, 2.75) is 120 Å². The van der Waals surface area contributed by atoms with Crippen molar-refractivity contribution in [3.63, 3.8) is 0 Å². The predicted octanol–water partition coefficient (Wildman–Crippen LogP) is 9.23. The van der Waals surface area contributed by atoms with Gasteiger partial charge in [-0.1, -0.05) is 78.0 Å². The second kappa shape index (κ2) is 19.6. The number of carboxylic acid groups (broad SMARTS) is 1. The highest BCUT2D eigenvalue weighted by atomic mass is 16.7. The van der Waals surface area contributed by atoms with Gasteiger partial charge in [-0.15, -0.1) is 5.06 Å². The van der Waals surface area contributed by atoms with Gasteiger partial charge in [0.15, 0.2) is 0 Å². The molecule has 10 heteroatoms. The zero-order chi connectivity index (χ0) is 40.3. The average molecular weight is 736 g/mol. The van der Waals surface area contributed by atoms with Crippen LogP contribution in [-0.2, 0) is 28.8 Å². The number of rotatable bonds is 10. The Bertz CT molecular complexity index is 1550. The molecule has 1 saturated carbocycles. The van der Waals surface area contributed by atoms with Crippen LogP contribution in [0, 0.1) is 34.5 Å². The topological polar surface area (TPSA) is 148 Å². The van der Waals surface area contributed by atoms with Crippen LogP contribution in [0.3, 0.4) is 0 Å². The molecule has 0 radical (unpaired) electrons. The van der Waals surface area contributed by atoms with Gasteiger partial charge in [-0.25, -0.2) is 4.79 Å². The van der Waals surface area contributed by atoms with Crippen molar-refractivity contribution in [3.05, 3.63) is 71.8 Å². The van der Waals surface area contributed by atoms with Crippen LogP contribution in [0.15, 0.2) is 60.7 Å². The number of fused-ring (bicyclic) bond motifs is 5. The summed E-state index contributed by atoms with van der Waals surface area (Å²) in [6.07, 6.45) is 8.42. The average Bonchev–Trinajstić information content (AvgIpc) is 3.82. The normalized spacial score (nSPS) is 20.8. The number of nitrogens with zero attached hydrogens (tertiary/aromatic N) is 1. The lowest BCUT2D eigenvalue weighted by molar-refractivity contribution is -0.205. The van der Waals surface area contributed by atoms with E-state index in [1.807, 2.05) is 62.4 Å². The summed E-state index contributed by atoms with van der Waals surface area (Å²) in [4.78, 5) is 62.8. The molecule has 0 spiro atoms. The van der Waals surface area contributed by atoms with Crippen molar-refractivity contribution in [1.82, 2.24) is 5.06 Å². The van der Waals surface area contributed by atoms with Crippen LogP contribution in [0.5, 0.6) is 11.5 Å². The van der Waals surface area contributed by atoms with Crippen LogP contribution in [0.2, 0.25) is 0 Å². The van der Waals surface area contributed by atoms with Gasteiger partial charge >= 0.3 is 17.9 Å². The minimum absolute atomic E-state index is 0.129. The number of benzene rings is 2. The first-order valence-electron chi connectivity index (χ1n) is 18.8. The number of ether oxygens (including phenoxy) is 1. The Hall–Kier alpha value is -4.47. The van der Waals surface area contributed by atoms with Gasteiger partial charge < -0.3 is 19.8 Å². The number of carboxylic acids is 1. The first-order valence-corrected chi connectivity index (χ1v) is 18.8. The highest BCUT2D eigenvalue weighted by Crippen LogP contribution is 2.52. The molecule has 6 unspecified atom stereocenters. The largest absolute Gasteiger partial charge is 0.508 e. The molecule has 3 aliphatic rings. The van der Waals surface area contributed by atoms with E-state index in [4.69, 9.17) is 19.8 Å². The Labute approximate surface area is 315 Å². The quantitative estimate of drug-likeness (QED) is 0.105. The third kappa shape index (κ3) is 12.0. The van der Waals surface area contributed by atoms with Gasteiger partial charge in [0.05, 0.1) is 22.7 Å². The molecular weight excluding hydrogens is 674 g/mol. The zero-order valence-corrected chi connectivity index (χ0v) is 33.5. The summed E-state index contributed by atoms with van der Waals surface area (Å²) in [5.74, 6) is -0.505. The molecule has 2 fully saturated rings. The molecule has 2 aromatic rings. The number of hydrogen-bond donors (Lipinski definition) is 2. The van der Waals surface area contributed by atoms with E-state index < -0.39 is 22.8 Å². The molecular formula is C43H61NO9. The second-order valence-electron chi connectivity index (χ2n) is 15.5. The summed E-state index contributed by atoms with van der Waals surface area (Å²) in [6.45, 7) is 20.8. The fraction of sp³-hybridized carbons (Fsp3) is 0.558. The first-order chi connectivity index (χ1) is 24.7. The van der Waals surface area contributed by atoms with Gasteiger partial charge in [-0.2, -0.15) is 0 Å². The smallest absolute Gasteiger partial charge is 0.338 e. The number of hydrogen-bond acceptors (Lipinski definition) is 8. The van der Waals surface area contributed by atoms with Crippen LogP contribution in [0.1, 0.15) is 131 Å². The number of carbonyl (C=O) groups is 5. The van der Waals surface area contributed by atoms with Crippen molar-refractivity contribution in [3.8, 4) is 11.5 Å². The van der Waals surface area contributed by atoms with E-state index in [1.54, 1.807) is 39.8 Å². The molecule has 1 aliphatic heterocycles. The number of hydroxylamine groups is 2. The Kier molecular flexibility index (Phi) is 16.5. The molecule has 2 aliphatic carbocycles. The zero-order valence-electron chi connectivity index (χ0n) is 33.5. The van der Waals surface area contributed by atoms with Gasteiger partial charge in [-0.05, 0) is 119 Å². The van der Waals surface area contributed by atoms with Crippen molar-refractivity contribution < 1.29 is 43.8 Å². The second-order valence-corrected chi connectivity index (χ2v) is 15.5. The number of aliphatic carboxylic acids is 1. The predicted molar refractivity (Wildman–Crippen MR) is 205 cm³/mol. The standard InChI is InChI=1S/C15H19NO4.C12H16O2.C10H14O.C6H12O2/c1-4-15(2,3)14(19)20-16-12(17)10-8-5-6-9(7-8)11(10)13(16)18;1-4-9(2)11-5-7-12(8-6-11)14-10(3)13;1-3-8(2)9-4-6-10(11)7-5-9;1-4-6(2,3)5(7)8/h5-6,8-11H,4,7H2,1-3H3;5-9H,4H2,1-3H3;4-8,11H,3H2,1-2H3;4H2,1-3H3,(H,7,8). The molecule has 6 atom stereocenters. The number of phenolic OH excluding ortho intramolecular Hbond substituents is 1. The Morgan fingerprint density at radius 1 is 0.755 bits per heavy atom. The van der Waals surface area contributed by atoms with E-state index in [2.05, 4.69) is 27.7 Å². The molecule has 2 bridgehead atoms. The molecule has 2 aromatic carbocycles. The number of carbonyl (C=O) groups excluding carboxylic acids is 4. The highest BCUT2D eigenvalue weighted by Gasteiger charge is 2.61. The fourth-order valence-corrected chi connectivity index (χ4v) is 5.77. The van der Waals surface area contributed by atoms with Crippen LogP contribution in [0.25, 0.3) is 0 Å². The van der Waals surface area contributed by atoms with Crippen molar-refractivity contribution in [2.75, 3.05) is 0 Å². The van der Waals surface area contributed by atoms with Gasteiger partial charge in [0.25, 0.3) is 11.8 Å². The number of phenols is 1. The van der Waals surface area contributed by atoms with Crippen molar-refractivity contribution in [1.29, 1.82) is 0 Å². The Morgan fingerprint density at radius 2 is 1.17 bits per heavy atom. The number of esters is 1. The number of imide groups is 1. The molecule has 5 rings (SSSR count). The monoisotopic (exact) mass is 735 g/mol. The van der Waals surface area contributed by atoms with E-state index in [1.165, 1.54) is 18.1 Å². The van der Waals surface area contributed by atoms with Crippen molar-refractivity contribution in [2.24, 2.45) is 34.5 Å². The summed E-state index contributed by atoms with van der Waals surface area (Å²) in [5.41, 5.74) is 1.34. The van der Waals surface area contributed by atoms with E-state index in [0.29, 0.717) is 36.2 Å². The minimum atomic E-state index is -0.722. The maximum Gasteiger partial charge on any atom is 0.338 e. The summed E-state index contributed by atoms with van der Waals surface area (Å²) < 4.78 is 4.94. The lowest BCUT2D eigenvalue weighted by atomic mass is 9.85. The maximum absolute atomic E-state index is 12.3. The van der Waals surface area contributed by atoms with E-state index in [9.17, 15) is 24.0 Å². The van der Waals surface area contributed by atoms with Gasteiger partial charge in [0.2, 0.25) is 0 Å². The highest BCUT2D eigenvalue weighted by molar-refractivity contribution is 6.06. The van der Waals surface area contributed by atoms with Crippen molar-refractivity contribution >= 4 is 29.7 Å². The molecule has 10 nitrogen and oxygen atoms in total. The fourth-order valence-electron chi connectivity index (χ4n) is 5.77. The molecule has 2 N–H and O–H groups in total. The van der Waals surface area contributed by atoms with Crippen LogP contribution in [0.4, 0.5) is 0 Å². The Balaban J connectivity index is 0.000000260. The third-order valence-corrected chi connectivity index (χ3v) is 10.9. The molecule has 1 saturated heterocycles. The SMILES string of the molecule is CCC(C)(C)C(=O)O.CCC(C)(C)C(=O)ON1C(=O)C2C3C=CC(C3)C2C1=O.CCC(C)c1ccc(O)cc1.CCC(C)c1ccc(OC(C)=O)cc1. The summed E-state index contributed by atoms with van der Waals surface area (Å²) in [5, 5.41) is 18.2. The number of aromatic hydroxyl groups is 1. The minimum Gasteiger partial charge on any atom is -0.508 e. The number of allylic oxidation sites excluding steroid dienone is 2. The summed E-state index contributed by atoms with van der Waals surface area (Å²) >= 11 is 0. The maximum atomic E-state index is 12.3. The van der Waals surface area contributed by atoms with Gasteiger partial charge in [0, 0.05) is 6.92 Å². The lowest BCUT2D eigenvalue weighted by Gasteiger charge is -2.23. The molecule has 292 valence electrons. The number of amides is 2. The lowest BCUT2D eigenvalue weighted by Crippen LogP contribution is -2.39. The van der Waals surface area contributed by atoms with Gasteiger partial charge in [0.1, 0.15) is 11.5 Å². The summed E-state index contributed by atoms with van der Waals surface area (Å²) in [7, 11) is 0. The van der Waals surface area contributed by atoms with E-state index in [-0.39, 0.29) is 41.5 Å². The van der Waals surface area contributed by atoms with Crippen LogP contribution in [-0.4, -0.2) is 45.0 Å². The van der Waals surface area contributed by atoms with Crippen LogP contribution < -0.4 is 4.74 Å². The van der Waals surface area contributed by atoms with Crippen LogP contribution >= 0.6 is 0 Å². The molecule has 53 heavy (non-hydrogen) atoms. The van der Waals surface area contributed by atoms with E-state index >= 15 is 0 Å². The molecule has 1 heterocycles. The Morgan fingerprint density at radius 3 is 1.51 bits per heavy atom. The third-order valence-electron chi connectivity index (χ3n) is 10.9. The van der Waals surface area contributed by atoms with E-state index in [0.717, 1.165) is 24.3 Å². The summed E-state index contributed by atoms with van der Waals surface area (Å²) in [6, 6.07) is 15.1. The van der Waals surface area contributed by atoms with Gasteiger partial charge in [-0.3, -0.25) is 19.2 Å². The molecule has 0 aromatic heterocycles. The first kappa shape index (κ1) is 44.7.